The lowest BCUT2D eigenvalue weighted by Gasteiger charge is -2.21. The number of aromatic hydroxyl groups is 1. The van der Waals surface area contributed by atoms with Crippen LogP contribution < -0.4 is 10.2 Å². The van der Waals surface area contributed by atoms with Gasteiger partial charge >= 0.3 is 0 Å². The van der Waals surface area contributed by atoms with E-state index in [0.29, 0.717) is 5.11 Å². The number of phenolic OH excluding ortho intramolecular Hbond substituents is 1. The molecule has 0 amide bonds. The summed E-state index contributed by atoms with van der Waals surface area (Å²) in [6.07, 6.45) is 2.27. The number of anilines is 1. The molecule has 3 nitrogen and oxygen atoms in total. The maximum atomic E-state index is 9.18. The lowest BCUT2D eigenvalue weighted by molar-refractivity contribution is 0.475. The zero-order valence-electron chi connectivity index (χ0n) is 9.73. The van der Waals surface area contributed by atoms with E-state index in [1.165, 1.54) is 0 Å². The van der Waals surface area contributed by atoms with Crippen molar-refractivity contribution in [3.05, 3.63) is 24.3 Å². The summed E-state index contributed by atoms with van der Waals surface area (Å²) in [5.41, 5.74) is 0.965. The third-order valence-electron chi connectivity index (χ3n) is 2.35. The third-order valence-corrected chi connectivity index (χ3v) is 2.77. The number of rotatable bonds is 4. The summed E-state index contributed by atoms with van der Waals surface area (Å²) >= 11 is 5.26. The molecule has 0 saturated heterocycles. The molecule has 1 aromatic rings. The highest BCUT2D eigenvalue weighted by atomic mass is 32.1. The number of unbranched alkanes of at least 4 members (excludes halogenated alkanes) is 1. The molecular weight excluding hydrogens is 220 g/mol. The molecule has 1 aromatic carbocycles. The molecule has 1 rings (SSSR count). The fourth-order valence-electron chi connectivity index (χ4n) is 1.28. The molecule has 0 heterocycles. The first-order valence-electron chi connectivity index (χ1n) is 5.45. The molecule has 0 radical (unpaired) electrons. The molecule has 0 saturated carbocycles. The van der Waals surface area contributed by atoms with Gasteiger partial charge in [0, 0.05) is 19.3 Å². The predicted molar refractivity (Wildman–Crippen MR) is 72.0 cm³/mol. The first-order valence-corrected chi connectivity index (χ1v) is 5.86. The summed E-state index contributed by atoms with van der Waals surface area (Å²) in [6.45, 7) is 3.05. The summed E-state index contributed by atoms with van der Waals surface area (Å²) in [4.78, 5) is 1.89. The van der Waals surface area contributed by atoms with Crippen LogP contribution in [0, 0.1) is 0 Å². The van der Waals surface area contributed by atoms with Gasteiger partial charge in [0.2, 0.25) is 0 Å². The zero-order valence-corrected chi connectivity index (χ0v) is 10.5. The van der Waals surface area contributed by atoms with Crippen LogP contribution in [0.25, 0.3) is 0 Å². The van der Waals surface area contributed by atoms with Gasteiger partial charge in [0.05, 0.1) is 0 Å². The van der Waals surface area contributed by atoms with Crippen LogP contribution in [0.4, 0.5) is 5.69 Å². The van der Waals surface area contributed by atoms with Gasteiger partial charge in [0.25, 0.3) is 0 Å². The molecule has 0 unspecified atom stereocenters. The summed E-state index contributed by atoms with van der Waals surface area (Å²) in [7, 11) is 1.91. The number of hydrogen-bond donors (Lipinski definition) is 2. The number of thiocarbonyl (C=S) groups is 1. The first-order chi connectivity index (χ1) is 7.65. The second-order valence-corrected chi connectivity index (χ2v) is 4.05. The van der Waals surface area contributed by atoms with Crippen LogP contribution in [0.5, 0.6) is 5.75 Å². The third kappa shape index (κ3) is 3.70. The standard InChI is InChI=1S/C12H18N2OS/c1-3-4-9-13-12(16)14(2)10-5-7-11(15)8-6-10/h5-8,15H,3-4,9H2,1-2H3,(H,13,16). The molecule has 0 aliphatic carbocycles. The normalized spacial score (nSPS) is 9.88. The molecule has 16 heavy (non-hydrogen) atoms. The Hall–Kier alpha value is -1.29. The molecule has 0 bridgehead atoms. The average Bonchev–Trinajstić information content (AvgIpc) is 2.29. The number of phenols is 1. The van der Waals surface area contributed by atoms with Gasteiger partial charge in [-0.05, 0) is 42.9 Å². The van der Waals surface area contributed by atoms with Crippen molar-refractivity contribution in [3.63, 3.8) is 0 Å². The molecular formula is C12H18N2OS. The minimum absolute atomic E-state index is 0.266. The van der Waals surface area contributed by atoms with Crippen molar-refractivity contribution in [3.8, 4) is 5.75 Å². The highest BCUT2D eigenvalue weighted by molar-refractivity contribution is 7.80. The van der Waals surface area contributed by atoms with E-state index < -0.39 is 0 Å². The minimum Gasteiger partial charge on any atom is -0.508 e. The van der Waals surface area contributed by atoms with Crippen molar-refractivity contribution in [1.29, 1.82) is 0 Å². The zero-order chi connectivity index (χ0) is 12.0. The van der Waals surface area contributed by atoms with Crippen molar-refractivity contribution in [1.82, 2.24) is 5.32 Å². The van der Waals surface area contributed by atoms with Crippen LogP contribution in [-0.4, -0.2) is 23.8 Å². The molecule has 4 heteroatoms. The second-order valence-electron chi connectivity index (χ2n) is 3.66. The van der Waals surface area contributed by atoms with Crippen LogP contribution in [-0.2, 0) is 0 Å². The van der Waals surface area contributed by atoms with E-state index in [2.05, 4.69) is 12.2 Å². The summed E-state index contributed by atoms with van der Waals surface area (Å²) in [6, 6.07) is 6.98. The van der Waals surface area contributed by atoms with E-state index in [1.807, 2.05) is 24.1 Å². The van der Waals surface area contributed by atoms with Crippen LogP contribution in [0.1, 0.15) is 19.8 Å². The maximum Gasteiger partial charge on any atom is 0.173 e. The highest BCUT2D eigenvalue weighted by Gasteiger charge is 2.05. The van der Waals surface area contributed by atoms with Crippen LogP contribution in [0.3, 0.4) is 0 Å². The van der Waals surface area contributed by atoms with E-state index in [1.54, 1.807) is 12.1 Å². The molecule has 0 spiro atoms. The minimum atomic E-state index is 0.266. The average molecular weight is 238 g/mol. The van der Waals surface area contributed by atoms with Crippen molar-refractivity contribution < 1.29 is 5.11 Å². The predicted octanol–water partition coefficient (Wildman–Crippen LogP) is 2.50. The molecule has 0 aliphatic rings. The van der Waals surface area contributed by atoms with Gasteiger partial charge in [-0.3, -0.25) is 0 Å². The van der Waals surface area contributed by atoms with Crippen molar-refractivity contribution >= 4 is 23.0 Å². The van der Waals surface area contributed by atoms with E-state index >= 15 is 0 Å². The van der Waals surface area contributed by atoms with Gasteiger partial charge in [-0.25, -0.2) is 0 Å². The topological polar surface area (TPSA) is 35.5 Å². The number of nitrogens with zero attached hydrogens (tertiary/aromatic N) is 1. The Kier molecular flexibility index (Phi) is 5.05. The van der Waals surface area contributed by atoms with Gasteiger partial charge in [0.15, 0.2) is 5.11 Å². The molecule has 88 valence electrons. The van der Waals surface area contributed by atoms with Crippen molar-refractivity contribution in [2.24, 2.45) is 0 Å². The van der Waals surface area contributed by atoms with Crippen LogP contribution >= 0.6 is 12.2 Å². The Morgan fingerprint density at radius 3 is 2.56 bits per heavy atom. The number of hydrogen-bond acceptors (Lipinski definition) is 2. The Morgan fingerprint density at radius 1 is 1.38 bits per heavy atom. The largest absolute Gasteiger partial charge is 0.508 e. The second kappa shape index (κ2) is 6.33. The first kappa shape index (κ1) is 12.8. The van der Waals surface area contributed by atoms with Gasteiger partial charge in [-0.1, -0.05) is 13.3 Å². The maximum absolute atomic E-state index is 9.18. The lowest BCUT2D eigenvalue weighted by Crippen LogP contribution is -2.37. The van der Waals surface area contributed by atoms with Gasteiger partial charge in [-0.2, -0.15) is 0 Å². The van der Waals surface area contributed by atoms with Gasteiger partial charge in [-0.15, -0.1) is 0 Å². The Morgan fingerprint density at radius 2 is 2.00 bits per heavy atom. The summed E-state index contributed by atoms with van der Waals surface area (Å²) in [5.74, 6) is 0.266. The Balaban J connectivity index is 2.53. The van der Waals surface area contributed by atoms with E-state index in [-0.39, 0.29) is 5.75 Å². The fourth-order valence-corrected chi connectivity index (χ4v) is 1.49. The Labute approximate surface area is 102 Å². The Bertz CT molecular complexity index is 337. The SMILES string of the molecule is CCCCNC(=S)N(C)c1ccc(O)cc1. The van der Waals surface area contributed by atoms with Crippen molar-refractivity contribution in [2.45, 2.75) is 19.8 Å². The molecule has 0 aromatic heterocycles. The van der Waals surface area contributed by atoms with E-state index in [9.17, 15) is 5.11 Å². The number of nitrogens with one attached hydrogen (secondary N) is 1. The quantitative estimate of drug-likeness (QED) is 0.624. The summed E-state index contributed by atoms with van der Waals surface area (Å²) in [5, 5.41) is 13.1. The molecule has 0 atom stereocenters. The van der Waals surface area contributed by atoms with Gasteiger partial charge < -0.3 is 15.3 Å². The van der Waals surface area contributed by atoms with Crippen LogP contribution in [0.15, 0.2) is 24.3 Å². The van der Waals surface area contributed by atoms with Gasteiger partial charge in [0.1, 0.15) is 5.75 Å². The smallest absolute Gasteiger partial charge is 0.173 e. The fraction of sp³-hybridized carbons (Fsp3) is 0.417. The van der Waals surface area contributed by atoms with E-state index in [4.69, 9.17) is 12.2 Å². The summed E-state index contributed by atoms with van der Waals surface area (Å²) < 4.78 is 0. The van der Waals surface area contributed by atoms with Crippen molar-refractivity contribution in [2.75, 3.05) is 18.5 Å². The number of benzene rings is 1. The molecule has 0 aliphatic heterocycles. The molecule has 0 fully saturated rings. The lowest BCUT2D eigenvalue weighted by atomic mass is 10.3. The van der Waals surface area contributed by atoms with E-state index in [0.717, 1.165) is 25.1 Å². The molecule has 2 N–H and O–H groups in total. The van der Waals surface area contributed by atoms with Crippen LogP contribution in [0.2, 0.25) is 0 Å². The monoisotopic (exact) mass is 238 g/mol. The highest BCUT2D eigenvalue weighted by Crippen LogP contribution is 2.17.